The Morgan fingerprint density at radius 3 is 2.76 bits per heavy atom. The molecule has 2 rings (SSSR count). The fraction of sp³-hybridized carbons (Fsp3) is 0.0909. The molecule has 0 spiro atoms. The molecule has 0 aliphatic rings. The normalized spacial score (nSPS) is 9.59. The maximum absolute atomic E-state index is 13.3. The van der Waals surface area contributed by atoms with Crippen molar-refractivity contribution in [3.8, 4) is 17.0 Å². The Labute approximate surface area is 110 Å². The summed E-state index contributed by atoms with van der Waals surface area (Å²) in [6.45, 7) is 0. The first-order chi connectivity index (χ1) is 7.70. The van der Waals surface area contributed by atoms with Crippen molar-refractivity contribution in [1.29, 1.82) is 0 Å². The molecule has 2 aromatic heterocycles. The van der Waals surface area contributed by atoms with Gasteiger partial charge in [0.05, 0.1) is 7.11 Å². The Hall–Kier alpha value is -1.39. The summed E-state index contributed by atoms with van der Waals surface area (Å²) >= 11 is 0. The quantitative estimate of drug-likeness (QED) is 0.560. The van der Waals surface area contributed by atoms with E-state index < -0.39 is 11.9 Å². The van der Waals surface area contributed by atoms with E-state index in [2.05, 4.69) is 16.0 Å². The smallest absolute Gasteiger partial charge is 0.128 e. The summed E-state index contributed by atoms with van der Waals surface area (Å²) in [6.07, 6.45) is 1.46. The molecule has 6 heteroatoms. The Balaban J connectivity index is 0.00000144. The second kappa shape index (κ2) is 5.79. The fourth-order valence-corrected chi connectivity index (χ4v) is 1.23. The molecule has 3 nitrogen and oxygen atoms in total. The summed E-state index contributed by atoms with van der Waals surface area (Å²) in [5.74, 6) is -1.33. The molecule has 0 N–H and O–H groups in total. The van der Waals surface area contributed by atoms with Crippen molar-refractivity contribution in [2.24, 2.45) is 0 Å². The summed E-state index contributed by atoms with van der Waals surface area (Å²) in [5, 5.41) is 0. The molecule has 1 radical (unpaired) electrons. The Bertz CT molecular complexity index is 523. The number of hydrogen-bond acceptors (Lipinski definition) is 3. The van der Waals surface area contributed by atoms with Crippen LogP contribution in [-0.2, 0) is 20.1 Å². The number of ether oxygens (including phenoxy) is 1. The number of aromatic nitrogens is 2. The van der Waals surface area contributed by atoms with Crippen LogP contribution in [0.2, 0.25) is 0 Å². The summed E-state index contributed by atoms with van der Waals surface area (Å²) in [5.41, 5.74) is 0.310. The van der Waals surface area contributed by atoms with E-state index in [-0.39, 0.29) is 25.7 Å². The van der Waals surface area contributed by atoms with Crippen LogP contribution in [0.25, 0.3) is 11.3 Å². The van der Waals surface area contributed by atoms with E-state index in [9.17, 15) is 8.78 Å². The van der Waals surface area contributed by atoms with Gasteiger partial charge < -0.3 is 9.72 Å². The molecule has 17 heavy (non-hydrogen) atoms. The van der Waals surface area contributed by atoms with Gasteiger partial charge in [-0.15, -0.1) is 6.07 Å². The maximum Gasteiger partial charge on any atom is 0.128 e. The number of pyridine rings is 2. The topological polar surface area (TPSA) is 35.0 Å². The van der Waals surface area contributed by atoms with E-state index in [4.69, 9.17) is 4.74 Å². The molecule has 0 unspecified atom stereocenters. The number of rotatable bonds is 2. The van der Waals surface area contributed by atoms with Gasteiger partial charge in [0.2, 0.25) is 0 Å². The summed E-state index contributed by atoms with van der Waals surface area (Å²) in [6, 6.07) is 6.55. The van der Waals surface area contributed by atoms with E-state index in [0.29, 0.717) is 11.4 Å². The van der Waals surface area contributed by atoms with E-state index in [1.54, 1.807) is 6.07 Å². The molecule has 0 saturated carbocycles. The Morgan fingerprint density at radius 1 is 1.35 bits per heavy atom. The number of methoxy groups -OCH3 is 1. The van der Waals surface area contributed by atoms with Crippen molar-refractivity contribution < 1.29 is 33.6 Å². The van der Waals surface area contributed by atoms with Crippen molar-refractivity contribution in [3.63, 3.8) is 0 Å². The number of halogens is 2. The predicted molar refractivity (Wildman–Crippen MR) is 52.8 cm³/mol. The van der Waals surface area contributed by atoms with Crippen LogP contribution in [0.1, 0.15) is 0 Å². The van der Waals surface area contributed by atoms with Gasteiger partial charge in [-0.25, -0.2) is 8.78 Å². The molecule has 91 valence electrons. The molecule has 0 amide bonds. The van der Waals surface area contributed by atoms with E-state index in [1.165, 1.54) is 19.4 Å². The van der Waals surface area contributed by atoms with Gasteiger partial charge >= 0.3 is 0 Å². The minimum absolute atomic E-state index is 0. The van der Waals surface area contributed by atoms with Gasteiger partial charge in [0, 0.05) is 26.3 Å². The first kappa shape index (κ1) is 13.7. The van der Waals surface area contributed by atoms with Crippen LogP contribution < -0.4 is 4.74 Å². The largest absolute Gasteiger partial charge is 0.497 e. The summed E-state index contributed by atoms with van der Waals surface area (Å²) < 4.78 is 30.9. The van der Waals surface area contributed by atoms with Gasteiger partial charge in [-0.1, -0.05) is 11.6 Å². The van der Waals surface area contributed by atoms with Crippen molar-refractivity contribution in [3.05, 3.63) is 42.4 Å². The average molecular weight is 413 g/mol. The van der Waals surface area contributed by atoms with Gasteiger partial charge in [-0.05, 0) is 17.8 Å². The fourth-order valence-electron chi connectivity index (χ4n) is 1.23. The van der Waals surface area contributed by atoms with E-state index in [0.717, 1.165) is 6.07 Å². The van der Waals surface area contributed by atoms with Crippen LogP contribution in [0.3, 0.4) is 0 Å². The molecule has 0 atom stereocenters. The minimum atomic E-state index is -0.944. The minimum Gasteiger partial charge on any atom is -0.497 e. The molecule has 0 saturated heterocycles. The Morgan fingerprint density at radius 2 is 2.12 bits per heavy atom. The van der Waals surface area contributed by atoms with Gasteiger partial charge in [0.15, 0.2) is 0 Å². The molecule has 0 aliphatic carbocycles. The van der Waals surface area contributed by atoms with Crippen molar-refractivity contribution >= 4 is 0 Å². The first-order valence-corrected chi connectivity index (χ1v) is 4.45. The van der Waals surface area contributed by atoms with Gasteiger partial charge in [-0.2, -0.15) is 0 Å². The molecular weight excluding hydrogens is 406 g/mol. The first-order valence-electron chi connectivity index (χ1n) is 4.45. The third kappa shape index (κ3) is 3.05. The third-order valence-electron chi connectivity index (χ3n) is 1.97. The van der Waals surface area contributed by atoms with E-state index >= 15 is 0 Å². The van der Waals surface area contributed by atoms with Crippen molar-refractivity contribution in [2.75, 3.05) is 7.11 Å². The molecule has 0 aliphatic heterocycles. The summed E-state index contributed by atoms with van der Waals surface area (Å²) in [7, 11) is 1.49. The van der Waals surface area contributed by atoms with E-state index in [1.807, 2.05) is 0 Å². The molecule has 2 heterocycles. The molecular formula is C11H7F2IrN2O-. The zero-order valence-electron chi connectivity index (χ0n) is 8.70. The molecule has 0 fully saturated rings. The standard InChI is InChI=1S/C11H7F2N2O.Ir/c1-16-7-4-5-14-9(6-7)8-2-3-10(12)15-11(8)13;/h3-6H,1H3;/q-1;. The summed E-state index contributed by atoms with van der Waals surface area (Å²) in [4.78, 5) is 6.99. The van der Waals surface area contributed by atoms with Crippen molar-refractivity contribution in [1.82, 2.24) is 9.97 Å². The van der Waals surface area contributed by atoms with Crippen LogP contribution in [0.5, 0.6) is 5.75 Å². The number of hydrogen-bond donors (Lipinski definition) is 0. The van der Waals surface area contributed by atoms with Crippen LogP contribution in [0, 0.1) is 18.0 Å². The van der Waals surface area contributed by atoms with Crippen LogP contribution in [-0.4, -0.2) is 17.1 Å². The predicted octanol–water partition coefficient (Wildman–Crippen LogP) is 2.23. The zero-order chi connectivity index (χ0) is 11.5. The average Bonchev–Trinajstić information content (AvgIpc) is 2.29. The van der Waals surface area contributed by atoms with Gasteiger partial charge in [-0.3, -0.25) is 4.98 Å². The van der Waals surface area contributed by atoms with Crippen LogP contribution in [0.4, 0.5) is 8.78 Å². The number of nitrogens with zero attached hydrogens (tertiary/aromatic N) is 2. The Kier molecular flexibility index (Phi) is 4.66. The SMILES string of the molecule is COc1ccnc(-c2[c-]cc(F)nc2F)c1.[Ir]. The van der Waals surface area contributed by atoms with Crippen LogP contribution in [0.15, 0.2) is 24.4 Å². The third-order valence-corrected chi connectivity index (χ3v) is 1.97. The van der Waals surface area contributed by atoms with Gasteiger partial charge in [0.25, 0.3) is 0 Å². The molecule has 0 aromatic carbocycles. The molecule has 0 bridgehead atoms. The zero-order valence-corrected chi connectivity index (χ0v) is 11.1. The second-order valence-electron chi connectivity index (χ2n) is 2.97. The second-order valence-corrected chi connectivity index (χ2v) is 2.97. The van der Waals surface area contributed by atoms with Crippen molar-refractivity contribution in [2.45, 2.75) is 0 Å². The maximum atomic E-state index is 13.3. The van der Waals surface area contributed by atoms with Gasteiger partial charge in [0.1, 0.15) is 17.6 Å². The van der Waals surface area contributed by atoms with Crippen LogP contribution >= 0.6 is 0 Å². The molecule has 2 aromatic rings. The monoisotopic (exact) mass is 414 g/mol.